The van der Waals surface area contributed by atoms with Crippen LogP contribution >= 0.6 is 0 Å². The molecular formula is C14H19N3O2. The highest BCUT2D eigenvalue weighted by atomic mass is 16.5. The molecule has 2 aliphatic rings. The maximum atomic E-state index is 12.2. The molecule has 5 nitrogen and oxygen atoms in total. The van der Waals surface area contributed by atoms with E-state index in [9.17, 15) is 4.79 Å². The van der Waals surface area contributed by atoms with E-state index in [2.05, 4.69) is 10.3 Å². The first-order chi connectivity index (χ1) is 9.33. The van der Waals surface area contributed by atoms with E-state index in [0.29, 0.717) is 6.54 Å². The molecule has 0 radical (unpaired) electrons. The van der Waals surface area contributed by atoms with Crippen molar-refractivity contribution in [3.63, 3.8) is 0 Å². The van der Waals surface area contributed by atoms with Gasteiger partial charge in [0, 0.05) is 19.2 Å². The fraction of sp³-hybridized carbons (Fsp3) is 0.571. The Morgan fingerprint density at radius 2 is 2.42 bits per heavy atom. The number of nitrogens with one attached hydrogen (secondary N) is 1. The van der Waals surface area contributed by atoms with Crippen LogP contribution in [0.1, 0.15) is 19.3 Å². The second-order valence-corrected chi connectivity index (χ2v) is 5.15. The third-order valence-electron chi connectivity index (χ3n) is 3.75. The molecule has 3 heterocycles. The number of nitrogens with zero attached hydrogens (tertiary/aromatic N) is 2. The minimum atomic E-state index is 0.0251. The van der Waals surface area contributed by atoms with Crippen LogP contribution in [0.5, 0.6) is 5.75 Å². The molecular weight excluding hydrogens is 242 g/mol. The zero-order valence-corrected chi connectivity index (χ0v) is 10.9. The van der Waals surface area contributed by atoms with E-state index in [1.165, 1.54) is 0 Å². The first kappa shape index (κ1) is 12.4. The molecule has 2 saturated heterocycles. The molecule has 0 spiro atoms. The number of rotatable bonds is 3. The van der Waals surface area contributed by atoms with E-state index >= 15 is 0 Å². The van der Waals surface area contributed by atoms with Crippen molar-refractivity contribution in [1.82, 2.24) is 15.2 Å². The van der Waals surface area contributed by atoms with E-state index in [1.807, 2.05) is 17.0 Å². The largest absolute Gasteiger partial charge is 0.487 e. The van der Waals surface area contributed by atoms with Gasteiger partial charge in [-0.15, -0.1) is 0 Å². The summed E-state index contributed by atoms with van der Waals surface area (Å²) in [6.45, 7) is 2.44. The molecule has 0 aromatic carbocycles. The van der Waals surface area contributed by atoms with Gasteiger partial charge in [-0.2, -0.15) is 0 Å². The Morgan fingerprint density at radius 1 is 1.47 bits per heavy atom. The molecule has 5 heteroatoms. The lowest BCUT2D eigenvalue weighted by molar-refractivity contribution is -0.132. The molecule has 102 valence electrons. The van der Waals surface area contributed by atoms with Gasteiger partial charge in [0.2, 0.25) is 5.91 Å². The second kappa shape index (κ2) is 5.57. The van der Waals surface area contributed by atoms with E-state index in [-0.39, 0.29) is 18.1 Å². The molecule has 2 aliphatic heterocycles. The van der Waals surface area contributed by atoms with Crippen molar-refractivity contribution < 1.29 is 9.53 Å². The van der Waals surface area contributed by atoms with Crippen LogP contribution in [0.25, 0.3) is 0 Å². The van der Waals surface area contributed by atoms with E-state index in [0.717, 1.165) is 38.1 Å². The molecule has 1 N–H and O–H groups in total. The Kier molecular flexibility index (Phi) is 3.64. The van der Waals surface area contributed by atoms with Crippen LogP contribution in [0.2, 0.25) is 0 Å². The Bertz CT molecular complexity index is 432. The number of hydrogen-bond donors (Lipinski definition) is 1. The number of carbonyl (C=O) groups is 1. The third kappa shape index (κ3) is 2.87. The summed E-state index contributed by atoms with van der Waals surface area (Å²) < 4.78 is 5.84. The fourth-order valence-electron chi connectivity index (χ4n) is 2.75. The van der Waals surface area contributed by atoms with Crippen LogP contribution in [0.3, 0.4) is 0 Å². The van der Waals surface area contributed by atoms with Crippen LogP contribution in [-0.2, 0) is 4.79 Å². The minimum absolute atomic E-state index is 0.0251. The van der Waals surface area contributed by atoms with Crippen LogP contribution in [-0.4, -0.2) is 47.6 Å². The highest BCUT2D eigenvalue weighted by Gasteiger charge is 2.32. The molecule has 0 unspecified atom stereocenters. The summed E-state index contributed by atoms with van der Waals surface area (Å²) >= 11 is 0. The zero-order valence-electron chi connectivity index (χ0n) is 10.9. The predicted molar refractivity (Wildman–Crippen MR) is 70.9 cm³/mol. The number of ether oxygens (including phenoxy) is 1. The van der Waals surface area contributed by atoms with Crippen molar-refractivity contribution in [3.05, 3.63) is 24.5 Å². The summed E-state index contributed by atoms with van der Waals surface area (Å²) in [5.74, 6) is 1.01. The summed E-state index contributed by atoms with van der Waals surface area (Å²) in [6.07, 6.45) is 6.48. The number of hydrogen-bond acceptors (Lipinski definition) is 4. The number of pyridine rings is 1. The molecule has 0 aliphatic carbocycles. The fourth-order valence-corrected chi connectivity index (χ4v) is 2.75. The van der Waals surface area contributed by atoms with Crippen molar-refractivity contribution in [2.75, 3.05) is 19.6 Å². The highest BCUT2D eigenvalue weighted by molar-refractivity contribution is 5.82. The van der Waals surface area contributed by atoms with Crippen molar-refractivity contribution in [2.24, 2.45) is 0 Å². The van der Waals surface area contributed by atoms with Gasteiger partial charge in [0.25, 0.3) is 0 Å². The van der Waals surface area contributed by atoms with Gasteiger partial charge >= 0.3 is 0 Å². The third-order valence-corrected chi connectivity index (χ3v) is 3.75. The van der Waals surface area contributed by atoms with Crippen molar-refractivity contribution >= 4 is 5.91 Å². The lowest BCUT2D eigenvalue weighted by Crippen LogP contribution is -2.43. The topological polar surface area (TPSA) is 54.5 Å². The van der Waals surface area contributed by atoms with Gasteiger partial charge in [-0.25, -0.2) is 0 Å². The number of aromatic nitrogens is 1. The molecule has 1 aromatic heterocycles. The van der Waals surface area contributed by atoms with Gasteiger partial charge in [-0.3, -0.25) is 9.78 Å². The summed E-state index contributed by atoms with van der Waals surface area (Å²) in [4.78, 5) is 18.2. The van der Waals surface area contributed by atoms with Gasteiger partial charge < -0.3 is 15.0 Å². The molecule has 2 fully saturated rings. The van der Waals surface area contributed by atoms with Crippen LogP contribution in [0, 0.1) is 0 Å². The van der Waals surface area contributed by atoms with Gasteiger partial charge in [-0.1, -0.05) is 0 Å². The SMILES string of the molecule is O=C([C@H]1CCCN1)N1CC[C@@H](Oc2cccnc2)C1. The molecule has 3 rings (SSSR count). The maximum Gasteiger partial charge on any atom is 0.239 e. The Morgan fingerprint density at radius 3 is 3.16 bits per heavy atom. The normalized spacial score (nSPS) is 26.6. The second-order valence-electron chi connectivity index (χ2n) is 5.15. The van der Waals surface area contributed by atoms with E-state index in [4.69, 9.17) is 4.74 Å². The lowest BCUT2D eigenvalue weighted by atomic mass is 10.2. The number of likely N-dealkylation sites (tertiary alicyclic amines) is 1. The standard InChI is InChI=1S/C14H19N3O2/c18-14(13-4-2-7-16-13)17-8-5-12(10-17)19-11-3-1-6-15-9-11/h1,3,6,9,12-13,16H,2,4-5,7-8,10H2/t12-,13-/m1/s1. The summed E-state index contributed by atoms with van der Waals surface area (Å²) in [5.41, 5.74) is 0. The average Bonchev–Trinajstić information content (AvgIpc) is 3.10. The van der Waals surface area contributed by atoms with E-state index in [1.54, 1.807) is 12.4 Å². The van der Waals surface area contributed by atoms with Crippen molar-refractivity contribution in [3.8, 4) is 5.75 Å². The quantitative estimate of drug-likeness (QED) is 0.875. The Labute approximate surface area is 113 Å². The zero-order chi connectivity index (χ0) is 13.1. The Balaban J connectivity index is 1.53. The maximum absolute atomic E-state index is 12.2. The minimum Gasteiger partial charge on any atom is -0.487 e. The van der Waals surface area contributed by atoms with Gasteiger partial charge in [0.05, 0.1) is 18.8 Å². The summed E-state index contributed by atoms with van der Waals surface area (Å²) in [6, 6.07) is 3.78. The first-order valence-electron chi connectivity index (χ1n) is 6.92. The number of carbonyl (C=O) groups excluding carboxylic acids is 1. The molecule has 0 bridgehead atoms. The van der Waals surface area contributed by atoms with Gasteiger partial charge in [0.1, 0.15) is 11.9 Å². The van der Waals surface area contributed by atoms with Crippen LogP contribution in [0.15, 0.2) is 24.5 Å². The van der Waals surface area contributed by atoms with E-state index < -0.39 is 0 Å². The molecule has 0 saturated carbocycles. The van der Waals surface area contributed by atoms with Gasteiger partial charge in [-0.05, 0) is 31.5 Å². The van der Waals surface area contributed by atoms with Crippen LogP contribution in [0.4, 0.5) is 0 Å². The molecule has 1 amide bonds. The average molecular weight is 261 g/mol. The lowest BCUT2D eigenvalue weighted by Gasteiger charge is -2.20. The van der Waals surface area contributed by atoms with Crippen molar-refractivity contribution in [1.29, 1.82) is 0 Å². The Hall–Kier alpha value is -1.62. The molecule has 2 atom stereocenters. The highest BCUT2D eigenvalue weighted by Crippen LogP contribution is 2.19. The first-order valence-corrected chi connectivity index (χ1v) is 6.92. The van der Waals surface area contributed by atoms with Crippen molar-refractivity contribution in [2.45, 2.75) is 31.4 Å². The number of amides is 1. The smallest absolute Gasteiger partial charge is 0.239 e. The monoisotopic (exact) mass is 261 g/mol. The van der Waals surface area contributed by atoms with Crippen LogP contribution < -0.4 is 10.1 Å². The van der Waals surface area contributed by atoms with Gasteiger partial charge in [0.15, 0.2) is 0 Å². The summed E-state index contributed by atoms with van der Waals surface area (Å²) in [7, 11) is 0. The summed E-state index contributed by atoms with van der Waals surface area (Å²) in [5, 5.41) is 3.26. The molecule has 1 aromatic rings. The molecule has 19 heavy (non-hydrogen) atoms. The predicted octanol–water partition coefficient (Wildman–Crippen LogP) is 0.813.